The van der Waals surface area contributed by atoms with Gasteiger partial charge >= 0.3 is 5.97 Å². The number of nitrogen functional groups attached to an aromatic ring is 1. The molecule has 0 fully saturated rings. The van der Waals surface area contributed by atoms with Crippen molar-refractivity contribution in [3.63, 3.8) is 0 Å². The summed E-state index contributed by atoms with van der Waals surface area (Å²) in [4.78, 5) is 11.6. The molecule has 0 radical (unpaired) electrons. The Morgan fingerprint density at radius 1 is 1.35 bits per heavy atom. The minimum atomic E-state index is -0.553. The van der Waals surface area contributed by atoms with Gasteiger partial charge in [0, 0.05) is 12.1 Å². The lowest BCUT2D eigenvalue weighted by atomic mass is 10.3. The molecule has 1 aromatic carbocycles. The van der Waals surface area contributed by atoms with Crippen LogP contribution < -0.4 is 15.2 Å². The number of esters is 1. The molecule has 0 bridgehead atoms. The van der Waals surface area contributed by atoms with E-state index in [-0.39, 0.29) is 11.5 Å². The Kier molecular flexibility index (Phi) is 2.95. The lowest BCUT2D eigenvalue weighted by molar-refractivity contribution is 0.0728. The van der Waals surface area contributed by atoms with Crippen molar-refractivity contribution in [1.82, 2.24) is 10.2 Å². The topological polar surface area (TPSA) is 90.2 Å². The number of aromatic amines is 1. The van der Waals surface area contributed by atoms with Crippen LogP contribution in [0.4, 0.5) is 5.82 Å². The summed E-state index contributed by atoms with van der Waals surface area (Å²) in [5.41, 5.74) is 5.58. The number of hydrogen-bond donors (Lipinski definition) is 2. The molecule has 6 heteroatoms. The van der Waals surface area contributed by atoms with Crippen LogP contribution in [0.5, 0.6) is 11.5 Å². The van der Waals surface area contributed by atoms with Gasteiger partial charge in [0.2, 0.25) is 0 Å². The summed E-state index contributed by atoms with van der Waals surface area (Å²) in [6.45, 7) is 0. The van der Waals surface area contributed by atoms with Crippen LogP contribution in [-0.4, -0.2) is 23.3 Å². The Hall–Kier alpha value is -2.50. The summed E-state index contributed by atoms with van der Waals surface area (Å²) >= 11 is 0. The Labute approximate surface area is 97.3 Å². The van der Waals surface area contributed by atoms with Gasteiger partial charge in [-0.25, -0.2) is 4.79 Å². The van der Waals surface area contributed by atoms with E-state index in [0.717, 1.165) is 0 Å². The molecule has 0 unspecified atom stereocenters. The maximum atomic E-state index is 11.6. The summed E-state index contributed by atoms with van der Waals surface area (Å²) < 4.78 is 10.1. The largest absolute Gasteiger partial charge is 0.497 e. The Morgan fingerprint density at radius 2 is 2.12 bits per heavy atom. The van der Waals surface area contributed by atoms with Crippen LogP contribution in [0, 0.1) is 0 Å². The van der Waals surface area contributed by atoms with Crippen molar-refractivity contribution in [2.45, 2.75) is 0 Å². The van der Waals surface area contributed by atoms with Crippen LogP contribution in [0.25, 0.3) is 0 Å². The minimum absolute atomic E-state index is 0.199. The maximum Gasteiger partial charge on any atom is 0.361 e. The normalized spacial score (nSPS) is 9.94. The predicted octanol–water partition coefficient (Wildman–Crippen LogP) is 1.22. The molecule has 0 amide bonds. The number of nitrogens with two attached hydrogens (primary N) is 1. The van der Waals surface area contributed by atoms with Crippen LogP contribution in [-0.2, 0) is 0 Å². The van der Waals surface area contributed by atoms with Crippen LogP contribution in [0.2, 0.25) is 0 Å². The molecule has 3 N–H and O–H groups in total. The molecule has 6 nitrogen and oxygen atoms in total. The molecule has 0 saturated carbocycles. The summed E-state index contributed by atoms with van der Waals surface area (Å²) in [7, 11) is 1.54. The van der Waals surface area contributed by atoms with Gasteiger partial charge in [0.15, 0.2) is 0 Å². The summed E-state index contributed by atoms with van der Waals surface area (Å²) in [6, 6.07) is 8.15. The lowest BCUT2D eigenvalue weighted by Gasteiger charge is -2.04. The highest BCUT2D eigenvalue weighted by atomic mass is 16.5. The van der Waals surface area contributed by atoms with Crippen molar-refractivity contribution in [1.29, 1.82) is 0 Å². The van der Waals surface area contributed by atoms with E-state index in [1.54, 1.807) is 24.3 Å². The zero-order chi connectivity index (χ0) is 12.3. The van der Waals surface area contributed by atoms with Gasteiger partial charge in [-0.2, -0.15) is 5.10 Å². The fourth-order valence-corrected chi connectivity index (χ4v) is 1.27. The van der Waals surface area contributed by atoms with Crippen molar-refractivity contribution in [3.05, 3.63) is 36.0 Å². The molecule has 0 aliphatic heterocycles. The van der Waals surface area contributed by atoms with Gasteiger partial charge in [-0.3, -0.25) is 5.10 Å². The SMILES string of the molecule is COc1cccc(OC(=O)c2cc(N)n[nH]2)c1. The van der Waals surface area contributed by atoms with Gasteiger partial charge in [-0.15, -0.1) is 0 Å². The maximum absolute atomic E-state index is 11.6. The van der Waals surface area contributed by atoms with E-state index in [0.29, 0.717) is 11.5 Å². The molecular weight excluding hydrogens is 222 g/mol. The van der Waals surface area contributed by atoms with Crippen molar-refractivity contribution in [2.24, 2.45) is 0 Å². The first-order chi connectivity index (χ1) is 8.19. The van der Waals surface area contributed by atoms with Gasteiger partial charge < -0.3 is 15.2 Å². The van der Waals surface area contributed by atoms with E-state index in [1.807, 2.05) is 0 Å². The smallest absolute Gasteiger partial charge is 0.361 e. The number of H-pyrrole nitrogens is 1. The minimum Gasteiger partial charge on any atom is -0.497 e. The monoisotopic (exact) mass is 233 g/mol. The van der Waals surface area contributed by atoms with E-state index in [9.17, 15) is 4.79 Å². The molecule has 0 spiro atoms. The molecule has 1 aromatic heterocycles. The van der Waals surface area contributed by atoms with Gasteiger partial charge in [-0.05, 0) is 12.1 Å². The third kappa shape index (κ3) is 2.54. The third-order valence-corrected chi connectivity index (χ3v) is 2.07. The number of carbonyl (C=O) groups excluding carboxylic acids is 1. The van der Waals surface area contributed by atoms with E-state index in [1.165, 1.54) is 13.2 Å². The number of anilines is 1. The number of nitrogens with zero attached hydrogens (tertiary/aromatic N) is 1. The van der Waals surface area contributed by atoms with Crippen molar-refractivity contribution in [3.8, 4) is 11.5 Å². The van der Waals surface area contributed by atoms with E-state index in [4.69, 9.17) is 15.2 Å². The van der Waals surface area contributed by atoms with Crippen LogP contribution in [0.15, 0.2) is 30.3 Å². The number of benzene rings is 1. The number of nitrogens with one attached hydrogen (secondary N) is 1. The van der Waals surface area contributed by atoms with Gasteiger partial charge in [-0.1, -0.05) is 6.07 Å². The van der Waals surface area contributed by atoms with Crippen LogP contribution in [0.3, 0.4) is 0 Å². The molecule has 2 rings (SSSR count). The second-order valence-electron chi connectivity index (χ2n) is 3.27. The molecule has 17 heavy (non-hydrogen) atoms. The van der Waals surface area contributed by atoms with Crippen molar-refractivity contribution >= 4 is 11.8 Å². The summed E-state index contributed by atoms with van der Waals surface area (Å²) in [5, 5.41) is 6.11. The molecule has 0 aliphatic rings. The number of rotatable bonds is 3. The molecule has 2 aromatic rings. The number of ether oxygens (including phenoxy) is 2. The number of hydrogen-bond acceptors (Lipinski definition) is 5. The van der Waals surface area contributed by atoms with Crippen LogP contribution >= 0.6 is 0 Å². The number of methoxy groups -OCH3 is 1. The predicted molar refractivity (Wildman–Crippen MR) is 61.0 cm³/mol. The quantitative estimate of drug-likeness (QED) is 0.614. The molecular formula is C11H11N3O3. The first-order valence-corrected chi connectivity index (χ1v) is 4.86. The Balaban J connectivity index is 2.12. The molecule has 0 aliphatic carbocycles. The standard InChI is InChI=1S/C11H11N3O3/c1-16-7-3-2-4-8(5-7)17-11(15)9-6-10(12)14-13-9/h2-6H,1H3,(H3,12,13,14). The number of aromatic nitrogens is 2. The van der Waals surface area contributed by atoms with E-state index in [2.05, 4.69) is 10.2 Å². The van der Waals surface area contributed by atoms with Gasteiger partial charge in [0.05, 0.1) is 7.11 Å². The molecule has 88 valence electrons. The Morgan fingerprint density at radius 3 is 2.76 bits per heavy atom. The average Bonchev–Trinajstić information content (AvgIpc) is 2.76. The highest BCUT2D eigenvalue weighted by Crippen LogP contribution is 2.19. The average molecular weight is 233 g/mol. The zero-order valence-electron chi connectivity index (χ0n) is 9.14. The third-order valence-electron chi connectivity index (χ3n) is 2.07. The van der Waals surface area contributed by atoms with Gasteiger partial charge in [0.1, 0.15) is 23.0 Å². The van der Waals surface area contributed by atoms with Crippen LogP contribution in [0.1, 0.15) is 10.5 Å². The molecule has 0 atom stereocenters. The molecule has 1 heterocycles. The second-order valence-corrected chi connectivity index (χ2v) is 3.27. The van der Waals surface area contributed by atoms with E-state index < -0.39 is 5.97 Å². The van der Waals surface area contributed by atoms with Crippen molar-refractivity contribution in [2.75, 3.05) is 12.8 Å². The van der Waals surface area contributed by atoms with Gasteiger partial charge in [0.25, 0.3) is 0 Å². The summed E-state index contributed by atoms with van der Waals surface area (Å²) in [6.07, 6.45) is 0. The highest BCUT2D eigenvalue weighted by Gasteiger charge is 2.11. The highest BCUT2D eigenvalue weighted by molar-refractivity contribution is 5.89. The first-order valence-electron chi connectivity index (χ1n) is 4.86. The van der Waals surface area contributed by atoms with E-state index >= 15 is 0 Å². The summed E-state index contributed by atoms with van der Waals surface area (Å²) in [5.74, 6) is 0.687. The lowest BCUT2D eigenvalue weighted by Crippen LogP contribution is -2.08. The zero-order valence-corrected chi connectivity index (χ0v) is 9.14. The molecule has 0 saturated heterocycles. The number of carbonyl (C=O) groups is 1. The Bertz CT molecular complexity index is 536. The second kappa shape index (κ2) is 4.56. The first kappa shape index (κ1) is 11.0. The van der Waals surface area contributed by atoms with Crippen molar-refractivity contribution < 1.29 is 14.3 Å². The fraction of sp³-hybridized carbons (Fsp3) is 0.0909. The fourth-order valence-electron chi connectivity index (χ4n) is 1.27.